The Balaban J connectivity index is 5.80. The molecule has 1 nitrogen and oxygen atoms in total. The molecule has 0 amide bonds. The lowest BCUT2D eigenvalue weighted by Crippen LogP contribution is -2.59. The van der Waals surface area contributed by atoms with Gasteiger partial charge in [-0.2, -0.15) is 43.9 Å². The van der Waals surface area contributed by atoms with E-state index in [0.717, 1.165) is 0 Å². The van der Waals surface area contributed by atoms with Gasteiger partial charge in [0.15, 0.2) is 12.2 Å². The summed E-state index contributed by atoms with van der Waals surface area (Å²) in [6, 6.07) is 0. The quantitative estimate of drug-likeness (QED) is 0.607. The van der Waals surface area contributed by atoms with Gasteiger partial charge in [0, 0.05) is 0 Å². The Labute approximate surface area is 117 Å². The van der Waals surface area contributed by atoms with Crippen molar-refractivity contribution in [3.8, 4) is 0 Å². The Morgan fingerprint density at radius 3 is 0.826 bits per heavy atom. The Bertz CT molecular complexity index is 345. The number of alkyl halides is 14. The van der Waals surface area contributed by atoms with Crippen LogP contribution in [0.1, 0.15) is 0 Å². The summed E-state index contributed by atoms with van der Waals surface area (Å²) in [4.78, 5) is 0. The molecule has 0 unspecified atom stereocenters. The predicted octanol–water partition coefficient (Wildman–Crippen LogP) is 4.67. The first-order valence-corrected chi connectivity index (χ1v) is 4.98. The first-order chi connectivity index (χ1) is 9.87. The monoisotopic (exact) mass is 382 g/mol. The summed E-state index contributed by atoms with van der Waals surface area (Å²) in [7, 11) is 0. The maximum absolute atomic E-state index is 12.7. The van der Waals surface area contributed by atoms with Gasteiger partial charge in [-0.15, -0.1) is 0 Å². The smallest absolute Gasteiger partial charge is 0.350 e. The number of halogens is 14. The zero-order chi connectivity index (χ0) is 19.0. The second-order valence-corrected chi connectivity index (χ2v) is 3.89. The third-order valence-corrected chi connectivity index (χ3v) is 2.22. The summed E-state index contributed by atoms with van der Waals surface area (Å²) >= 11 is 0. The van der Waals surface area contributed by atoms with E-state index < -0.39 is 49.3 Å². The predicted molar refractivity (Wildman–Crippen MR) is 42.7 cm³/mol. The Hall–Kier alpha value is -1.02. The summed E-state index contributed by atoms with van der Waals surface area (Å²) in [6.45, 7) is 0. The van der Waals surface area contributed by atoms with Gasteiger partial charge < -0.3 is 4.74 Å². The van der Waals surface area contributed by atoms with E-state index in [0.29, 0.717) is 0 Å². The van der Waals surface area contributed by atoms with E-state index in [-0.39, 0.29) is 0 Å². The van der Waals surface area contributed by atoms with Gasteiger partial charge in [-0.3, -0.25) is 0 Å². The molecule has 0 rings (SSSR count). The van der Waals surface area contributed by atoms with Crippen molar-refractivity contribution in [2.75, 3.05) is 0 Å². The molecule has 0 fully saturated rings. The minimum Gasteiger partial charge on any atom is -0.350 e. The lowest BCUT2D eigenvalue weighted by atomic mass is 10.1. The van der Waals surface area contributed by atoms with Crippen molar-refractivity contribution in [2.24, 2.45) is 0 Å². The van der Waals surface area contributed by atoms with Gasteiger partial charge in [0.25, 0.3) is 12.9 Å². The molecule has 23 heavy (non-hydrogen) atoms. The highest BCUT2D eigenvalue weighted by atomic mass is 19.4. The standard InChI is InChI=1S/C8H4F14O/c9-3(10)1(5(13,14)7(17,18)19)23-2(4(11)12)6(15,16)8(20,21)22/h1-4H/t1-,2-/m1/s1. The second-order valence-electron chi connectivity index (χ2n) is 3.89. The summed E-state index contributed by atoms with van der Waals surface area (Å²) < 4.78 is 173. The van der Waals surface area contributed by atoms with Gasteiger partial charge in [0.05, 0.1) is 0 Å². The molecule has 2 atom stereocenters. The fourth-order valence-electron chi connectivity index (χ4n) is 1.09. The molecule has 0 aliphatic heterocycles. The van der Waals surface area contributed by atoms with Crippen LogP contribution in [0, 0.1) is 0 Å². The number of hydrogen-bond donors (Lipinski definition) is 0. The largest absolute Gasteiger partial charge is 0.456 e. The molecule has 0 spiro atoms. The van der Waals surface area contributed by atoms with Gasteiger partial charge in [-0.05, 0) is 0 Å². The van der Waals surface area contributed by atoms with Crippen LogP contribution in [0.3, 0.4) is 0 Å². The minimum absolute atomic E-state index is 2.52. The Kier molecular flexibility index (Phi) is 6.18. The molecule has 0 aromatic rings. The van der Waals surface area contributed by atoms with Gasteiger partial charge in [0.1, 0.15) is 0 Å². The van der Waals surface area contributed by atoms with E-state index in [9.17, 15) is 61.5 Å². The number of rotatable bonds is 6. The second kappa shape index (κ2) is 6.47. The molecule has 0 radical (unpaired) electrons. The number of hydrogen-bond acceptors (Lipinski definition) is 1. The van der Waals surface area contributed by atoms with Crippen LogP contribution in [0.25, 0.3) is 0 Å². The molecule has 0 saturated carbocycles. The van der Waals surface area contributed by atoms with Crippen molar-refractivity contribution in [1.29, 1.82) is 0 Å². The van der Waals surface area contributed by atoms with Crippen molar-refractivity contribution in [3.05, 3.63) is 0 Å². The molecule has 0 heterocycles. The van der Waals surface area contributed by atoms with Crippen LogP contribution >= 0.6 is 0 Å². The normalized spacial score (nSPS) is 17.7. The van der Waals surface area contributed by atoms with E-state index >= 15 is 0 Å². The van der Waals surface area contributed by atoms with Gasteiger partial charge >= 0.3 is 24.2 Å². The van der Waals surface area contributed by atoms with Gasteiger partial charge in [-0.25, -0.2) is 17.6 Å². The van der Waals surface area contributed by atoms with E-state index in [1.165, 1.54) is 0 Å². The SMILES string of the molecule is FC(F)[C@@H](O[C@H](C(F)F)C(F)(F)C(F)(F)F)C(F)(F)C(F)(F)F. The highest BCUT2D eigenvalue weighted by molar-refractivity contribution is 4.93. The van der Waals surface area contributed by atoms with Crippen LogP contribution in [0.4, 0.5) is 61.5 Å². The van der Waals surface area contributed by atoms with Crippen LogP contribution in [0.15, 0.2) is 0 Å². The third kappa shape index (κ3) is 4.50. The zero-order valence-electron chi connectivity index (χ0n) is 10.0. The van der Waals surface area contributed by atoms with Crippen LogP contribution in [0.2, 0.25) is 0 Å². The van der Waals surface area contributed by atoms with Crippen molar-refractivity contribution in [3.63, 3.8) is 0 Å². The Morgan fingerprint density at radius 1 is 0.478 bits per heavy atom. The molecular formula is C8H4F14O. The first kappa shape index (κ1) is 22.0. The van der Waals surface area contributed by atoms with Crippen molar-refractivity contribution >= 4 is 0 Å². The highest BCUT2D eigenvalue weighted by Gasteiger charge is 2.71. The molecular weight excluding hydrogens is 378 g/mol. The average molecular weight is 382 g/mol. The molecule has 140 valence electrons. The van der Waals surface area contributed by atoms with Crippen LogP contribution in [-0.2, 0) is 4.74 Å². The van der Waals surface area contributed by atoms with E-state index in [1.807, 2.05) is 0 Å². The summed E-state index contributed by atoms with van der Waals surface area (Å²) in [6.07, 6.45) is -33.8. The fourth-order valence-corrected chi connectivity index (χ4v) is 1.09. The molecule has 0 aromatic carbocycles. The fraction of sp³-hybridized carbons (Fsp3) is 1.00. The van der Waals surface area contributed by atoms with Crippen molar-refractivity contribution in [1.82, 2.24) is 0 Å². The first-order valence-electron chi connectivity index (χ1n) is 4.98. The molecule has 0 bridgehead atoms. The molecule has 15 heteroatoms. The molecule has 0 aromatic heterocycles. The van der Waals surface area contributed by atoms with Gasteiger partial charge in [0.2, 0.25) is 0 Å². The lowest BCUT2D eigenvalue weighted by Gasteiger charge is -2.34. The maximum Gasteiger partial charge on any atom is 0.456 e. The molecule has 0 N–H and O–H groups in total. The molecule has 0 aliphatic rings. The topological polar surface area (TPSA) is 9.23 Å². The average Bonchev–Trinajstić information content (AvgIpc) is 2.24. The minimum atomic E-state index is -6.88. The van der Waals surface area contributed by atoms with E-state index in [4.69, 9.17) is 0 Å². The Morgan fingerprint density at radius 2 is 0.696 bits per heavy atom. The molecule has 0 aliphatic carbocycles. The van der Waals surface area contributed by atoms with Crippen LogP contribution < -0.4 is 0 Å². The third-order valence-electron chi connectivity index (χ3n) is 2.22. The summed E-state index contributed by atoms with van der Waals surface area (Å²) in [5.41, 5.74) is 0. The van der Waals surface area contributed by atoms with Crippen molar-refractivity contribution < 1.29 is 66.2 Å². The highest BCUT2D eigenvalue weighted by Crippen LogP contribution is 2.46. The lowest BCUT2D eigenvalue weighted by molar-refractivity contribution is -0.378. The van der Waals surface area contributed by atoms with Gasteiger partial charge in [-0.1, -0.05) is 0 Å². The van der Waals surface area contributed by atoms with Crippen LogP contribution in [-0.4, -0.2) is 49.3 Å². The summed E-state index contributed by atoms with van der Waals surface area (Å²) in [5, 5.41) is 0. The van der Waals surface area contributed by atoms with E-state index in [2.05, 4.69) is 4.74 Å². The van der Waals surface area contributed by atoms with E-state index in [1.54, 1.807) is 0 Å². The number of ether oxygens (including phenoxy) is 1. The maximum atomic E-state index is 12.7. The summed E-state index contributed by atoms with van der Waals surface area (Å²) in [5.74, 6) is -13.3. The van der Waals surface area contributed by atoms with Crippen LogP contribution in [0.5, 0.6) is 0 Å². The van der Waals surface area contributed by atoms with Crippen molar-refractivity contribution in [2.45, 2.75) is 49.3 Å². The molecule has 0 saturated heterocycles. The zero-order valence-corrected chi connectivity index (χ0v) is 10.0.